The maximum absolute atomic E-state index is 12.8. The van der Waals surface area contributed by atoms with E-state index in [4.69, 9.17) is 4.74 Å². The Morgan fingerprint density at radius 3 is 2.74 bits per heavy atom. The van der Waals surface area contributed by atoms with Gasteiger partial charge in [0, 0.05) is 57.1 Å². The molecule has 0 bridgehead atoms. The highest BCUT2D eigenvalue weighted by molar-refractivity contribution is 5.80. The van der Waals surface area contributed by atoms with Crippen LogP contribution >= 0.6 is 0 Å². The Bertz CT molecular complexity index is 480. The zero-order valence-electron chi connectivity index (χ0n) is 14.4. The quantitative estimate of drug-likeness (QED) is 0.728. The molecule has 0 N–H and O–H groups in total. The van der Waals surface area contributed by atoms with Gasteiger partial charge in [-0.3, -0.25) is 4.79 Å². The zero-order valence-corrected chi connectivity index (χ0v) is 14.4. The van der Waals surface area contributed by atoms with E-state index in [2.05, 4.69) is 22.0 Å². The van der Waals surface area contributed by atoms with Crippen molar-refractivity contribution in [2.45, 2.75) is 32.1 Å². The molecule has 1 amide bonds. The molecule has 0 aromatic heterocycles. The van der Waals surface area contributed by atoms with Gasteiger partial charge >= 0.3 is 0 Å². The van der Waals surface area contributed by atoms with E-state index in [1.807, 2.05) is 7.11 Å². The molecule has 2 aliphatic carbocycles. The maximum Gasteiger partial charge on any atom is 0.226 e. The number of ether oxygens (including phenoxy) is 1. The minimum Gasteiger partial charge on any atom is -0.384 e. The molecule has 0 aromatic rings. The van der Waals surface area contributed by atoms with Gasteiger partial charge < -0.3 is 14.5 Å². The smallest absolute Gasteiger partial charge is 0.226 e. The average Bonchev–Trinajstić information content (AvgIpc) is 2.96. The number of rotatable bonds is 5. The van der Waals surface area contributed by atoms with Gasteiger partial charge in [0.15, 0.2) is 0 Å². The minimum atomic E-state index is 0.218. The minimum absolute atomic E-state index is 0.218. The molecule has 3 fully saturated rings. The van der Waals surface area contributed by atoms with Crippen LogP contribution in [0.2, 0.25) is 0 Å². The number of allylic oxidation sites excluding steroid dienone is 2. The monoisotopic (exact) mass is 318 g/mol. The Morgan fingerprint density at radius 1 is 1.26 bits per heavy atom. The molecule has 4 nitrogen and oxygen atoms in total. The van der Waals surface area contributed by atoms with Crippen LogP contribution in [0.5, 0.6) is 0 Å². The lowest BCUT2D eigenvalue weighted by Gasteiger charge is -2.30. The molecule has 1 saturated carbocycles. The lowest BCUT2D eigenvalue weighted by atomic mass is 9.77. The first-order valence-electron chi connectivity index (χ1n) is 9.35. The number of nitrogens with zero attached hydrogens (tertiary/aromatic N) is 2. The van der Waals surface area contributed by atoms with Crippen LogP contribution in [0.3, 0.4) is 0 Å². The molecule has 2 atom stereocenters. The van der Waals surface area contributed by atoms with E-state index < -0.39 is 0 Å². The lowest BCUT2D eigenvalue weighted by Crippen LogP contribution is -2.39. The SMILES string of the molecule is COC[C@@H]1CN(CC2CC2)C[C@@]12CCN(C(=O)C1CC=CC1)C2. The van der Waals surface area contributed by atoms with Crippen molar-refractivity contribution in [1.82, 2.24) is 9.80 Å². The van der Waals surface area contributed by atoms with Gasteiger partial charge in [-0.2, -0.15) is 0 Å². The summed E-state index contributed by atoms with van der Waals surface area (Å²) >= 11 is 0. The molecule has 2 heterocycles. The van der Waals surface area contributed by atoms with Crippen LogP contribution in [0, 0.1) is 23.2 Å². The van der Waals surface area contributed by atoms with Gasteiger partial charge in [-0.25, -0.2) is 0 Å². The molecule has 2 aliphatic heterocycles. The van der Waals surface area contributed by atoms with Crippen LogP contribution in [0.25, 0.3) is 0 Å². The summed E-state index contributed by atoms with van der Waals surface area (Å²) in [7, 11) is 1.82. The standard InChI is InChI=1S/C19H30N2O2/c1-23-12-17-11-20(10-15-6-7-15)13-19(17)8-9-21(14-19)18(22)16-4-2-3-5-16/h2-3,15-17H,4-14H2,1H3/t17-,19+/m0/s1. The fraction of sp³-hybridized carbons (Fsp3) is 0.842. The molecule has 2 saturated heterocycles. The van der Waals surface area contributed by atoms with Gasteiger partial charge in [0.2, 0.25) is 5.91 Å². The number of carbonyl (C=O) groups is 1. The first-order valence-corrected chi connectivity index (χ1v) is 9.35. The number of likely N-dealkylation sites (tertiary alicyclic amines) is 2. The summed E-state index contributed by atoms with van der Waals surface area (Å²) in [5, 5.41) is 0. The highest BCUT2D eigenvalue weighted by Gasteiger charge is 2.52. The topological polar surface area (TPSA) is 32.8 Å². The van der Waals surface area contributed by atoms with E-state index in [1.54, 1.807) is 0 Å². The lowest BCUT2D eigenvalue weighted by molar-refractivity contribution is -0.134. The number of amides is 1. The van der Waals surface area contributed by atoms with Gasteiger partial charge in [0.25, 0.3) is 0 Å². The van der Waals surface area contributed by atoms with Crippen molar-refractivity contribution in [2.75, 3.05) is 46.4 Å². The Labute approximate surface area is 139 Å². The van der Waals surface area contributed by atoms with E-state index in [9.17, 15) is 4.79 Å². The fourth-order valence-corrected chi connectivity index (χ4v) is 5.00. The van der Waals surface area contributed by atoms with Gasteiger partial charge in [-0.15, -0.1) is 0 Å². The summed E-state index contributed by atoms with van der Waals surface area (Å²) < 4.78 is 5.54. The number of hydrogen-bond acceptors (Lipinski definition) is 3. The second-order valence-electron chi connectivity index (χ2n) is 8.30. The van der Waals surface area contributed by atoms with Crippen molar-refractivity contribution in [3.63, 3.8) is 0 Å². The van der Waals surface area contributed by atoms with Crippen molar-refractivity contribution < 1.29 is 9.53 Å². The average molecular weight is 318 g/mol. The van der Waals surface area contributed by atoms with Crippen LogP contribution < -0.4 is 0 Å². The summed E-state index contributed by atoms with van der Waals surface area (Å²) in [6, 6.07) is 0. The third kappa shape index (κ3) is 3.08. The van der Waals surface area contributed by atoms with Crippen LogP contribution in [0.4, 0.5) is 0 Å². The maximum atomic E-state index is 12.8. The first kappa shape index (κ1) is 15.6. The summed E-state index contributed by atoms with van der Waals surface area (Å²) in [5.41, 5.74) is 0.284. The zero-order chi connectivity index (χ0) is 15.9. The molecular weight excluding hydrogens is 288 g/mol. The van der Waals surface area contributed by atoms with Crippen molar-refractivity contribution in [3.05, 3.63) is 12.2 Å². The van der Waals surface area contributed by atoms with E-state index in [0.29, 0.717) is 11.8 Å². The fourth-order valence-electron chi connectivity index (χ4n) is 5.00. The van der Waals surface area contributed by atoms with Gasteiger partial charge in [0.05, 0.1) is 6.61 Å². The highest BCUT2D eigenvalue weighted by Crippen LogP contribution is 2.45. The molecule has 0 unspecified atom stereocenters. The third-order valence-corrected chi connectivity index (χ3v) is 6.52. The first-order chi connectivity index (χ1) is 11.2. The second kappa shape index (κ2) is 6.21. The van der Waals surface area contributed by atoms with Crippen molar-refractivity contribution in [2.24, 2.45) is 23.2 Å². The molecule has 4 heteroatoms. The summed E-state index contributed by atoms with van der Waals surface area (Å²) in [6.07, 6.45) is 10.2. The highest BCUT2D eigenvalue weighted by atomic mass is 16.5. The molecule has 4 rings (SSSR count). The van der Waals surface area contributed by atoms with Crippen LogP contribution in [0.15, 0.2) is 12.2 Å². The molecule has 0 radical (unpaired) electrons. The molecule has 23 heavy (non-hydrogen) atoms. The van der Waals surface area contributed by atoms with Crippen molar-refractivity contribution in [1.29, 1.82) is 0 Å². The Kier molecular flexibility index (Phi) is 4.22. The van der Waals surface area contributed by atoms with Crippen LogP contribution in [-0.2, 0) is 9.53 Å². The van der Waals surface area contributed by atoms with Gasteiger partial charge in [-0.05, 0) is 38.0 Å². The van der Waals surface area contributed by atoms with E-state index in [0.717, 1.165) is 51.4 Å². The van der Waals surface area contributed by atoms with Crippen molar-refractivity contribution >= 4 is 5.91 Å². The number of hydrogen-bond donors (Lipinski definition) is 0. The Morgan fingerprint density at radius 2 is 2.04 bits per heavy atom. The Hall–Kier alpha value is -0.870. The summed E-state index contributed by atoms with van der Waals surface area (Å²) in [6.45, 7) is 6.35. The number of methoxy groups -OCH3 is 1. The van der Waals surface area contributed by atoms with Crippen LogP contribution in [0.1, 0.15) is 32.1 Å². The van der Waals surface area contributed by atoms with Gasteiger partial charge in [-0.1, -0.05) is 12.2 Å². The summed E-state index contributed by atoms with van der Waals surface area (Å²) in [4.78, 5) is 17.6. The summed E-state index contributed by atoms with van der Waals surface area (Å²) in [5.74, 6) is 2.14. The van der Waals surface area contributed by atoms with Gasteiger partial charge in [0.1, 0.15) is 0 Å². The number of carbonyl (C=O) groups excluding carboxylic acids is 1. The molecule has 1 spiro atoms. The van der Waals surface area contributed by atoms with E-state index in [1.165, 1.54) is 25.9 Å². The third-order valence-electron chi connectivity index (χ3n) is 6.52. The predicted octanol–water partition coefficient (Wildman–Crippen LogP) is 2.16. The molecular formula is C19H30N2O2. The van der Waals surface area contributed by atoms with E-state index >= 15 is 0 Å². The van der Waals surface area contributed by atoms with E-state index in [-0.39, 0.29) is 11.3 Å². The largest absolute Gasteiger partial charge is 0.384 e. The molecule has 128 valence electrons. The van der Waals surface area contributed by atoms with Crippen LogP contribution in [-0.4, -0.2) is 62.1 Å². The normalized spacial score (nSPS) is 35.0. The second-order valence-corrected chi connectivity index (χ2v) is 8.30. The van der Waals surface area contributed by atoms with Crippen molar-refractivity contribution in [3.8, 4) is 0 Å². The molecule has 4 aliphatic rings. The Balaban J connectivity index is 1.42. The molecule has 0 aromatic carbocycles. The predicted molar refractivity (Wildman–Crippen MR) is 90.0 cm³/mol.